The predicted molar refractivity (Wildman–Crippen MR) is 83.6 cm³/mol. The summed E-state index contributed by atoms with van der Waals surface area (Å²) in [5, 5.41) is 12.9. The van der Waals surface area contributed by atoms with Crippen LogP contribution < -0.4 is 5.32 Å². The molecule has 2 aromatic rings. The predicted octanol–water partition coefficient (Wildman–Crippen LogP) is 5.03. The number of hydrogen-bond donors (Lipinski definition) is 2. The molecule has 0 aromatic heterocycles. The van der Waals surface area contributed by atoms with Crippen LogP contribution in [0.2, 0.25) is 0 Å². The number of halogens is 1. The molecule has 0 radical (unpaired) electrons. The van der Waals surface area contributed by atoms with Gasteiger partial charge in [-0.05, 0) is 48.7 Å². The first-order valence-corrected chi connectivity index (χ1v) is 7.21. The Morgan fingerprint density at radius 2 is 1.84 bits per heavy atom. The summed E-state index contributed by atoms with van der Waals surface area (Å²) in [7, 11) is 0. The van der Waals surface area contributed by atoms with Gasteiger partial charge in [0.2, 0.25) is 0 Å². The second-order valence-electron chi connectivity index (χ2n) is 4.61. The number of nitrogens with one attached hydrogen (secondary N) is 1. The standard InChI is InChI=1S/C16H18BrNO/c1-3-15(12-7-9-13(19)10-8-12)18-16-6-4-5-14(17)11(16)2/h4-10,15,18-19H,3H2,1-2H3. The summed E-state index contributed by atoms with van der Waals surface area (Å²) in [5.41, 5.74) is 3.52. The molecule has 100 valence electrons. The van der Waals surface area contributed by atoms with Crippen molar-refractivity contribution in [2.45, 2.75) is 26.3 Å². The summed E-state index contributed by atoms with van der Waals surface area (Å²) in [4.78, 5) is 0. The van der Waals surface area contributed by atoms with E-state index in [1.807, 2.05) is 24.3 Å². The zero-order valence-electron chi connectivity index (χ0n) is 11.2. The minimum absolute atomic E-state index is 0.244. The minimum Gasteiger partial charge on any atom is -0.508 e. The highest BCUT2D eigenvalue weighted by atomic mass is 79.9. The highest BCUT2D eigenvalue weighted by molar-refractivity contribution is 9.10. The summed E-state index contributed by atoms with van der Waals surface area (Å²) in [5.74, 6) is 0.303. The second kappa shape index (κ2) is 6.11. The molecule has 0 saturated carbocycles. The van der Waals surface area contributed by atoms with E-state index in [1.165, 1.54) is 11.1 Å². The van der Waals surface area contributed by atoms with Crippen LogP contribution in [-0.2, 0) is 0 Å². The largest absolute Gasteiger partial charge is 0.508 e. The van der Waals surface area contributed by atoms with Crippen molar-refractivity contribution in [1.29, 1.82) is 0 Å². The summed E-state index contributed by atoms with van der Waals surface area (Å²) in [6.07, 6.45) is 0.983. The van der Waals surface area contributed by atoms with Crippen LogP contribution in [0.5, 0.6) is 5.75 Å². The maximum atomic E-state index is 9.35. The van der Waals surface area contributed by atoms with Crippen molar-refractivity contribution < 1.29 is 5.11 Å². The van der Waals surface area contributed by atoms with Gasteiger partial charge in [0.15, 0.2) is 0 Å². The number of phenolic OH excluding ortho intramolecular Hbond substituents is 1. The van der Waals surface area contributed by atoms with Gasteiger partial charge in [-0.1, -0.05) is 41.1 Å². The molecule has 0 spiro atoms. The van der Waals surface area contributed by atoms with Crippen molar-refractivity contribution in [3.05, 3.63) is 58.1 Å². The number of rotatable bonds is 4. The first-order chi connectivity index (χ1) is 9.11. The smallest absolute Gasteiger partial charge is 0.115 e. The Bertz CT molecular complexity index is 551. The van der Waals surface area contributed by atoms with E-state index in [-0.39, 0.29) is 6.04 Å². The van der Waals surface area contributed by atoms with E-state index in [0.717, 1.165) is 16.6 Å². The molecular formula is C16H18BrNO. The molecule has 2 nitrogen and oxygen atoms in total. The number of hydrogen-bond acceptors (Lipinski definition) is 2. The van der Waals surface area contributed by atoms with E-state index in [4.69, 9.17) is 0 Å². The highest BCUT2D eigenvalue weighted by Gasteiger charge is 2.11. The summed E-state index contributed by atoms with van der Waals surface area (Å²) >= 11 is 3.55. The molecule has 3 heteroatoms. The Balaban J connectivity index is 2.24. The average molecular weight is 320 g/mol. The lowest BCUT2D eigenvalue weighted by Crippen LogP contribution is -2.10. The van der Waals surface area contributed by atoms with E-state index in [1.54, 1.807) is 12.1 Å². The van der Waals surface area contributed by atoms with Crippen molar-refractivity contribution >= 4 is 21.6 Å². The van der Waals surface area contributed by atoms with Crippen molar-refractivity contribution in [1.82, 2.24) is 0 Å². The molecule has 0 saturated heterocycles. The Hall–Kier alpha value is -1.48. The third-order valence-electron chi connectivity index (χ3n) is 3.30. The molecule has 2 rings (SSSR count). The van der Waals surface area contributed by atoms with Crippen LogP contribution in [0.3, 0.4) is 0 Å². The quantitative estimate of drug-likeness (QED) is 0.828. The Labute approximate surface area is 122 Å². The second-order valence-corrected chi connectivity index (χ2v) is 5.46. The van der Waals surface area contributed by atoms with Crippen LogP contribution >= 0.6 is 15.9 Å². The average Bonchev–Trinajstić information content (AvgIpc) is 2.42. The lowest BCUT2D eigenvalue weighted by atomic mass is 10.0. The van der Waals surface area contributed by atoms with Crippen LogP contribution in [0, 0.1) is 6.92 Å². The molecule has 2 N–H and O–H groups in total. The van der Waals surface area contributed by atoms with E-state index < -0.39 is 0 Å². The summed E-state index contributed by atoms with van der Waals surface area (Å²) < 4.78 is 1.11. The topological polar surface area (TPSA) is 32.3 Å². The minimum atomic E-state index is 0.244. The molecule has 0 bridgehead atoms. The SMILES string of the molecule is CCC(Nc1cccc(Br)c1C)c1ccc(O)cc1. The lowest BCUT2D eigenvalue weighted by Gasteiger charge is -2.20. The molecular weight excluding hydrogens is 302 g/mol. The van der Waals surface area contributed by atoms with Gasteiger partial charge in [0, 0.05) is 10.2 Å². The van der Waals surface area contributed by atoms with Gasteiger partial charge in [0.1, 0.15) is 5.75 Å². The lowest BCUT2D eigenvalue weighted by molar-refractivity contribution is 0.475. The monoisotopic (exact) mass is 319 g/mol. The zero-order valence-corrected chi connectivity index (χ0v) is 12.7. The van der Waals surface area contributed by atoms with Gasteiger partial charge >= 0.3 is 0 Å². The number of benzene rings is 2. The number of phenols is 1. The zero-order chi connectivity index (χ0) is 13.8. The Morgan fingerprint density at radius 3 is 2.47 bits per heavy atom. The molecule has 2 aromatic carbocycles. The maximum Gasteiger partial charge on any atom is 0.115 e. The normalized spacial score (nSPS) is 12.2. The Morgan fingerprint density at radius 1 is 1.16 bits per heavy atom. The van der Waals surface area contributed by atoms with Gasteiger partial charge in [-0.3, -0.25) is 0 Å². The molecule has 1 unspecified atom stereocenters. The molecule has 0 fully saturated rings. The number of aromatic hydroxyl groups is 1. The molecule has 19 heavy (non-hydrogen) atoms. The summed E-state index contributed by atoms with van der Waals surface area (Å²) in [6, 6.07) is 13.8. The van der Waals surface area contributed by atoms with Gasteiger partial charge in [-0.15, -0.1) is 0 Å². The van der Waals surface area contributed by atoms with Gasteiger partial charge in [-0.25, -0.2) is 0 Å². The van der Waals surface area contributed by atoms with Crippen LogP contribution in [0.1, 0.15) is 30.5 Å². The summed E-state index contributed by atoms with van der Waals surface area (Å²) in [6.45, 7) is 4.24. The molecule has 1 atom stereocenters. The van der Waals surface area contributed by atoms with E-state index in [2.05, 4.69) is 41.2 Å². The van der Waals surface area contributed by atoms with Crippen molar-refractivity contribution in [2.24, 2.45) is 0 Å². The van der Waals surface area contributed by atoms with Gasteiger partial charge < -0.3 is 10.4 Å². The Kier molecular flexibility index (Phi) is 4.48. The number of anilines is 1. The molecule has 0 aliphatic heterocycles. The van der Waals surface area contributed by atoms with Gasteiger partial charge in [0.25, 0.3) is 0 Å². The fourth-order valence-electron chi connectivity index (χ4n) is 2.08. The molecule has 0 aliphatic carbocycles. The molecule has 0 heterocycles. The van der Waals surface area contributed by atoms with E-state index in [9.17, 15) is 5.11 Å². The maximum absolute atomic E-state index is 9.35. The van der Waals surface area contributed by atoms with E-state index >= 15 is 0 Å². The van der Waals surface area contributed by atoms with Crippen LogP contribution in [0.4, 0.5) is 5.69 Å². The fourth-order valence-corrected chi connectivity index (χ4v) is 2.45. The van der Waals surface area contributed by atoms with Crippen LogP contribution in [0.25, 0.3) is 0 Å². The molecule has 0 aliphatic rings. The van der Waals surface area contributed by atoms with E-state index in [0.29, 0.717) is 5.75 Å². The van der Waals surface area contributed by atoms with Crippen LogP contribution in [0.15, 0.2) is 46.9 Å². The van der Waals surface area contributed by atoms with Gasteiger partial charge in [0.05, 0.1) is 6.04 Å². The molecule has 0 amide bonds. The first kappa shape index (κ1) is 13.9. The van der Waals surface area contributed by atoms with Gasteiger partial charge in [-0.2, -0.15) is 0 Å². The fraction of sp³-hybridized carbons (Fsp3) is 0.250. The third kappa shape index (κ3) is 3.29. The van der Waals surface area contributed by atoms with Crippen molar-refractivity contribution in [3.63, 3.8) is 0 Å². The van der Waals surface area contributed by atoms with Crippen molar-refractivity contribution in [2.75, 3.05) is 5.32 Å². The van der Waals surface area contributed by atoms with Crippen molar-refractivity contribution in [3.8, 4) is 5.75 Å². The third-order valence-corrected chi connectivity index (χ3v) is 4.16. The first-order valence-electron chi connectivity index (χ1n) is 6.42. The van der Waals surface area contributed by atoms with Crippen LogP contribution in [-0.4, -0.2) is 5.11 Å². The highest BCUT2D eigenvalue weighted by Crippen LogP contribution is 2.29.